The van der Waals surface area contributed by atoms with Crippen molar-refractivity contribution in [1.29, 1.82) is 0 Å². The van der Waals surface area contributed by atoms with Crippen LogP contribution in [0, 0.1) is 11.7 Å². The molecule has 1 fully saturated rings. The molecule has 1 aliphatic rings. The molecule has 1 unspecified atom stereocenters. The normalized spacial score (nSPS) is 16.8. The first-order valence-corrected chi connectivity index (χ1v) is 6.26. The summed E-state index contributed by atoms with van der Waals surface area (Å²) in [6.07, 6.45) is 4.10. The van der Waals surface area contributed by atoms with E-state index in [0.717, 1.165) is 5.39 Å². The minimum Gasteiger partial charge on any atom is -0.398 e. The molecule has 0 spiro atoms. The van der Waals surface area contributed by atoms with Crippen molar-refractivity contribution >= 4 is 22.3 Å². The third-order valence-corrected chi connectivity index (χ3v) is 3.58. The predicted octanol–water partition coefficient (Wildman–Crippen LogP) is 3.17. The van der Waals surface area contributed by atoms with Gasteiger partial charge in [-0.05, 0) is 43.9 Å². The van der Waals surface area contributed by atoms with Crippen molar-refractivity contribution in [2.45, 2.75) is 25.8 Å². The highest BCUT2D eigenvalue weighted by Gasteiger charge is 2.28. The second kappa shape index (κ2) is 4.12. The lowest BCUT2D eigenvalue weighted by atomic mass is 10.1. The smallest absolute Gasteiger partial charge is 0.150 e. The average Bonchev–Trinajstić information content (AvgIpc) is 3.18. The van der Waals surface area contributed by atoms with Crippen LogP contribution in [-0.2, 0) is 0 Å². The number of anilines is 2. The average molecular weight is 245 g/mol. The number of halogens is 1. The zero-order chi connectivity index (χ0) is 12.7. The Morgan fingerprint density at radius 1 is 1.50 bits per heavy atom. The Bertz CT molecular complexity index is 593. The lowest BCUT2D eigenvalue weighted by Gasteiger charge is -2.17. The van der Waals surface area contributed by atoms with Gasteiger partial charge < -0.3 is 11.1 Å². The summed E-state index contributed by atoms with van der Waals surface area (Å²) in [5.41, 5.74) is 7.34. The molecule has 4 heteroatoms. The van der Waals surface area contributed by atoms with Gasteiger partial charge in [0.25, 0.3) is 0 Å². The standard InChI is InChI=1S/C14H16FN3/c1-8(9-4-5-9)18-14-11(15)7-12(16)10-3-2-6-17-13(10)14/h2-3,6-9,18H,4-5,16H2,1H3. The van der Waals surface area contributed by atoms with Crippen LogP contribution in [0.3, 0.4) is 0 Å². The molecular weight excluding hydrogens is 229 g/mol. The van der Waals surface area contributed by atoms with Gasteiger partial charge in [0.2, 0.25) is 0 Å². The summed E-state index contributed by atoms with van der Waals surface area (Å²) in [6.45, 7) is 2.09. The third kappa shape index (κ3) is 1.88. The van der Waals surface area contributed by atoms with E-state index >= 15 is 0 Å². The highest BCUT2D eigenvalue weighted by Crippen LogP contribution is 2.36. The van der Waals surface area contributed by atoms with Gasteiger partial charge in [0.1, 0.15) is 0 Å². The van der Waals surface area contributed by atoms with Gasteiger partial charge in [-0.2, -0.15) is 0 Å². The number of benzene rings is 1. The Morgan fingerprint density at radius 3 is 3.00 bits per heavy atom. The molecule has 1 heterocycles. The topological polar surface area (TPSA) is 50.9 Å². The first kappa shape index (κ1) is 11.3. The van der Waals surface area contributed by atoms with Gasteiger partial charge >= 0.3 is 0 Å². The fraction of sp³-hybridized carbons (Fsp3) is 0.357. The Morgan fingerprint density at radius 2 is 2.28 bits per heavy atom. The van der Waals surface area contributed by atoms with E-state index in [4.69, 9.17) is 5.73 Å². The predicted molar refractivity (Wildman–Crippen MR) is 71.9 cm³/mol. The van der Waals surface area contributed by atoms with Crippen LogP contribution in [0.25, 0.3) is 10.9 Å². The molecule has 3 nitrogen and oxygen atoms in total. The molecule has 1 atom stereocenters. The molecular formula is C14H16FN3. The summed E-state index contributed by atoms with van der Waals surface area (Å²) < 4.78 is 14.0. The van der Waals surface area contributed by atoms with Crippen molar-refractivity contribution in [2.75, 3.05) is 11.1 Å². The van der Waals surface area contributed by atoms with Crippen LogP contribution in [0.4, 0.5) is 15.8 Å². The van der Waals surface area contributed by atoms with Gasteiger partial charge in [-0.3, -0.25) is 4.98 Å². The zero-order valence-electron chi connectivity index (χ0n) is 10.3. The maximum absolute atomic E-state index is 14.0. The number of fused-ring (bicyclic) bond motifs is 1. The van der Waals surface area contributed by atoms with Crippen molar-refractivity contribution in [1.82, 2.24) is 4.98 Å². The van der Waals surface area contributed by atoms with E-state index in [1.165, 1.54) is 18.9 Å². The maximum atomic E-state index is 14.0. The summed E-state index contributed by atoms with van der Waals surface area (Å²) in [7, 11) is 0. The van der Waals surface area contributed by atoms with Crippen molar-refractivity contribution in [3.8, 4) is 0 Å². The minimum absolute atomic E-state index is 0.272. The monoisotopic (exact) mass is 245 g/mol. The van der Waals surface area contributed by atoms with E-state index in [1.807, 2.05) is 12.1 Å². The first-order chi connectivity index (χ1) is 8.66. The molecule has 0 saturated heterocycles. The highest BCUT2D eigenvalue weighted by atomic mass is 19.1. The van der Waals surface area contributed by atoms with Crippen LogP contribution in [0.15, 0.2) is 24.4 Å². The highest BCUT2D eigenvalue weighted by molar-refractivity contribution is 5.98. The summed E-state index contributed by atoms with van der Waals surface area (Å²) >= 11 is 0. The fourth-order valence-corrected chi connectivity index (χ4v) is 2.32. The van der Waals surface area contributed by atoms with Gasteiger partial charge in [0.15, 0.2) is 5.82 Å². The number of nitrogens with two attached hydrogens (primary N) is 1. The van der Waals surface area contributed by atoms with Crippen LogP contribution in [0.1, 0.15) is 19.8 Å². The molecule has 1 aromatic heterocycles. The SMILES string of the molecule is CC(Nc1c(F)cc(N)c2cccnc12)C1CC1. The van der Waals surface area contributed by atoms with E-state index in [0.29, 0.717) is 22.8 Å². The van der Waals surface area contributed by atoms with Crippen LogP contribution in [0.5, 0.6) is 0 Å². The number of hydrogen-bond donors (Lipinski definition) is 2. The zero-order valence-corrected chi connectivity index (χ0v) is 10.3. The second-order valence-corrected chi connectivity index (χ2v) is 4.99. The largest absolute Gasteiger partial charge is 0.398 e. The number of hydrogen-bond acceptors (Lipinski definition) is 3. The molecule has 1 aliphatic carbocycles. The Hall–Kier alpha value is -1.84. The molecule has 1 aromatic carbocycles. The molecule has 3 rings (SSSR count). The van der Waals surface area contributed by atoms with Crippen molar-refractivity contribution in [2.24, 2.45) is 5.92 Å². The van der Waals surface area contributed by atoms with E-state index in [9.17, 15) is 4.39 Å². The number of nitrogen functional groups attached to an aromatic ring is 1. The van der Waals surface area contributed by atoms with Gasteiger partial charge in [-0.1, -0.05) is 0 Å². The van der Waals surface area contributed by atoms with Gasteiger partial charge in [0, 0.05) is 23.3 Å². The van der Waals surface area contributed by atoms with Crippen LogP contribution >= 0.6 is 0 Å². The Balaban J connectivity index is 2.08. The van der Waals surface area contributed by atoms with E-state index in [-0.39, 0.29) is 11.9 Å². The van der Waals surface area contributed by atoms with Crippen molar-refractivity contribution in [3.05, 3.63) is 30.2 Å². The third-order valence-electron chi connectivity index (χ3n) is 3.58. The van der Waals surface area contributed by atoms with Crippen LogP contribution in [0.2, 0.25) is 0 Å². The Labute approximate surface area is 105 Å². The molecule has 0 radical (unpaired) electrons. The lowest BCUT2D eigenvalue weighted by Crippen LogP contribution is -2.18. The minimum atomic E-state index is -0.328. The molecule has 1 saturated carbocycles. The van der Waals surface area contributed by atoms with Gasteiger partial charge in [-0.25, -0.2) is 4.39 Å². The first-order valence-electron chi connectivity index (χ1n) is 6.26. The number of nitrogens with one attached hydrogen (secondary N) is 1. The summed E-state index contributed by atoms with van der Waals surface area (Å²) in [5, 5.41) is 4.04. The van der Waals surface area contributed by atoms with Crippen LogP contribution < -0.4 is 11.1 Å². The molecule has 0 amide bonds. The fourth-order valence-electron chi connectivity index (χ4n) is 2.32. The molecule has 18 heavy (non-hydrogen) atoms. The molecule has 94 valence electrons. The quantitative estimate of drug-likeness (QED) is 0.817. The van der Waals surface area contributed by atoms with Crippen molar-refractivity contribution < 1.29 is 4.39 Å². The summed E-state index contributed by atoms with van der Waals surface area (Å²) in [4.78, 5) is 4.25. The van der Waals surface area contributed by atoms with E-state index in [1.54, 1.807) is 6.20 Å². The molecule has 3 N–H and O–H groups in total. The molecule has 0 aliphatic heterocycles. The summed E-state index contributed by atoms with van der Waals surface area (Å²) in [5.74, 6) is 0.326. The number of pyridine rings is 1. The number of rotatable bonds is 3. The number of nitrogens with zero attached hydrogens (tertiary/aromatic N) is 1. The lowest BCUT2D eigenvalue weighted by molar-refractivity contribution is 0.621. The second-order valence-electron chi connectivity index (χ2n) is 4.99. The Kier molecular flexibility index (Phi) is 2.58. The molecule has 0 bridgehead atoms. The summed E-state index contributed by atoms with van der Waals surface area (Å²) in [6, 6.07) is 5.31. The molecule has 2 aromatic rings. The van der Waals surface area contributed by atoms with Gasteiger partial charge in [-0.15, -0.1) is 0 Å². The van der Waals surface area contributed by atoms with E-state index in [2.05, 4.69) is 17.2 Å². The van der Waals surface area contributed by atoms with Crippen molar-refractivity contribution in [3.63, 3.8) is 0 Å². The number of aromatic nitrogens is 1. The van der Waals surface area contributed by atoms with Crippen LogP contribution in [-0.4, -0.2) is 11.0 Å². The van der Waals surface area contributed by atoms with E-state index < -0.39 is 0 Å². The van der Waals surface area contributed by atoms with Gasteiger partial charge in [0.05, 0.1) is 11.2 Å². The maximum Gasteiger partial charge on any atom is 0.150 e.